The second-order valence-electron chi connectivity index (χ2n) is 5.42. The van der Waals surface area contributed by atoms with Gasteiger partial charge in [-0.3, -0.25) is 4.79 Å². The summed E-state index contributed by atoms with van der Waals surface area (Å²) < 4.78 is 43.7. The lowest BCUT2D eigenvalue weighted by Crippen LogP contribution is -2.13. The fraction of sp³-hybridized carbons (Fsp3) is 0.125. The third-order valence-corrected chi connectivity index (χ3v) is 4.42. The summed E-state index contributed by atoms with van der Waals surface area (Å²) in [6, 6.07) is 5.64. The second kappa shape index (κ2) is 8.08. The van der Waals surface area contributed by atoms with Crippen molar-refractivity contribution in [3.8, 4) is 5.75 Å². The van der Waals surface area contributed by atoms with Gasteiger partial charge in [0.2, 0.25) is 0 Å². The van der Waals surface area contributed by atoms with Gasteiger partial charge < -0.3 is 20.2 Å². The lowest BCUT2D eigenvalue weighted by molar-refractivity contribution is -0.389. The van der Waals surface area contributed by atoms with Crippen molar-refractivity contribution >= 4 is 28.7 Å². The maximum atomic E-state index is 13.2. The van der Waals surface area contributed by atoms with Crippen LogP contribution in [0.25, 0.3) is 0 Å². The van der Waals surface area contributed by atoms with Crippen LogP contribution in [0.5, 0.6) is 5.75 Å². The van der Waals surface area contributed by atoms with Gasteiger partial charge in [-0.2, -0.15) is 13.5 Å². The molecule has 0 aliphatic heterocycles. The zero-order chi connectivity index (χ0) is 20.3. The molecule has 0 spiro atoms. The van der Waals surface area contributed by atoms with Crippen LogP contribution in [0.2, 0.25) is 0 Å². The Bertz CT molecular complexity index is 1020. The van der Waals surface area contributed by atoms with E-state index in [-0.39, 0.29) is 22.9 Å². The molecule has 0 atom stereocenters. The Balaban J connectivity index is 1.71. The van der Waals surface area contributed by atoms with Gasteiger partial charge in [-0.1, -0.05) is 0 Å². The molecule has 3 rings (SSSR count). The number of amides is 1. The highest BCUT2D eigenvalue weighted by molar-refractivity contribution is 7.12. The number of nitro groups is 1. The van der Waals surface area contributed by atoms with Crippen LogP contribution in [0.1, 0.15) is 15.2 Å². The highest BCUT2D eigenvalue weighted by Gasteiger charge is 2.17. The number of carbonyl (C=O) groups excluding carboxylic acids is 1. The number of thiophene rings is 1. The van der Waals surface area contributed by atoms with E-state index in [0.717, 1.165) is 29.5 Å². The van der Waals surface area contributed by atoms with E-state index in [1.165, 1.54) is 23.0 Å². The summed E-state index contributed by atoms with van der Waals surface area (Å²) in [6.07, 6.45) is 1.43. The van der Waals surface area contributed by atoms with E-state index in [0.29, 0.717) is 5.56 Å². The number of ether oxygens (including phenoxy) is 1. The van der Waals surface area contributed by atoms with Crippen LogP contribution < -0.4 is 10.1 Å². The third-order valence-electron chi connectivity index (χ3n) is 3.44. The van der Waals surface area contributed by atoms with Crippen LogP contribution in [-0.2, 0) is 6.54 Å². The molecule has 3 aromatic rings. The molecule has 0 radical (unpaired) electrons. The molecule has 0 saturated heterocycles. The Labute approximate surface area is 159 Å². The highest BCUT2D eigenvalue weighted by Crippen LogP contribution is 2.28. The largest absolute Gasteiger partial charge is 0.432 e. The van der Waals surface area contributed by atoms with Gasteiger partial charge in [-0.15, -0.1) is 11.3 Å². The zero-order valence-electron chi connectivity index (χ0n) is 13.8. The summed E-state index contributed by atoms with van der Waals surface area (Å²) in [4.78, 5) is 22.6. The number of halogens is 3. The van der Waals surface area contributed by atoms with Crippen LogP contribution in [-0.4, -0.2) is 27.2 Å². The molecule has 0 saturated carbocycles. The Morgan fingerprint density at radius 2 is 2.14 bits per heavy atom. The minimum Gasteiger partial charge on any atom is -0.432 e. The molecule has 2 heterocycles. The van der Waals surface area contributed by atoms with Crippen LogP contribution in [0, 0.1) is 15.9 Å². The number of nitrogens with one attached hydrogen (secondary N) is 1. The lowest BCUT2D eigenvalue weighted by Gasteiger charge is -2.11. The number of aromatic nitrogens is 2. The first-order valence-corrected chi connectivity index (χ1v) is 8.51. The smallest absolute Gasteiger partial charge is 0.389 e. The summed E-state index contributed by atoms with van der Waals surface area (Å²) in [7, 11) is 0. The standard InChI is InChI=1S/C16H11F3N4O4S/c17-10-1-2-11(12(6-10)27-16(18)19)20-15(24)13-5-9(8-28-13)7-22-4-3-14(21-22)23(25)26/h1-6,8,16H,7H2,(H,20,24). The first-order valence-electron chi connectivity index (χ1n) is 7.63. The molecule has 8 nitrogen and oxygen atoms in total. The quantitative estimate of drug-likeness (QED) is 0.469. The van der Waals surface area contributed by atoms with E-state index in [2.05, 4.69) is 15.2 Å². The van der Waals surface area contributed by atoms with Crippen molar-refractivity contribution in [2.24, 2.45) is 0 Å². The molecule has 1 aromatic carbocycles. The minimum atomic E-state index is -3.18. The fourth-order valence-corrected chi connectivity index (χ4v) is 3.08. The SMILES string of the molecule is O=C(Nc1ccc(F)cc1OC(F)F)c1cc(Cn2ccc([N+](=O)[O-])n2)cs1. The Kier molecular flexibility index (Phi) is 5.59. The summed E-state index contributed by atoms with van der Waals surface area (Å²) in [6.45, 7) is -2.97. The normalized spacial score (nSPS) is 10.9. The van der Waals surface area contributed by atoms with Crippen molar-refractivity contribution in [3.63, 3.8) is 0 Å². The van der Waals surface area contributed by atoms with Crippen molar-refractivity contribution in [1.82, 2.24) is 9.78 Å². The molecule has 0 aliphatic rings. The number of rotatable bonds is 7. The molecule has 2 aromatic heterocycles. The Morgan fingerprint density at radius 1 is 1.36 bits per heavy atom. The molecule has 28 heavy (non-hydrogen) atoms. The van der Waals surface area contributed by atoms with Crippen LogP contribution >= 0.6 is 11.3 Å². The molecule has 0 aliphatic carbocycles. The second-order valence-corrected chi connectivity index (χ2v) is 6.33. The summed E-state index contributed by atoms with van der Waals surface area (Å²) in [5.74, 6) is -2.19. The Hall–Kier alpha value is -3.41. The van der Waals surface area contributed by atoms with E-state index in [1.807, 2.05) is 0 Å². The number of hydrogen-bond donors (Lipinski definition) is 1. The first-order chi connectivity index (χ1) is 13.3. The molecular weight excluding hydrogens is 401 g/mol. The summed E-state index contributed by atoms with van der Waals surface area (Å²) in [5, 5.41) is 18.5. The molecule has 12 heteroatoms. The number of carbonyl (C=O) groups is 1. The van der Waals surface area contributed by atoms with Gasteiger partial charge in [-0.05, 0) is 34.1 Å². The zero-order valence-corrected chi connectivity index (χ0v) is 14.7. The van der Waals surface area contributed by atoms with Gasteiger partial charge in [0, 0.05) is 6.07 Å². The van der Waals surface area contributed by atoms with Crippen LogP contribution in [0.4, 0.5) is 24.7 Å². The summed E-state index contributed by atoms with van der Waals surface area (Å²) in [5.41, 5.74) is 0.556. The molecule has 1 N–H and O–H groups in total. The van der Waals surface area contributed by atoms with Crippen molar-refractivity contribution in [3.05, 3.63) is 68.3 Å². The van der Waals surface area contributed by atoms with Crippen molar-refractivity contribution in [2.45, 2.75) is 13.2 Å². The topological polar surface area (TPSA) is 99.3 Å². The van der Waals surface area contributed by atoms with Gasteiger partial charge >= 0.3 is 12.4 Å². The van der Waals surface area contributed by atoms with E-state index in [9.17, 15) is 28.1 Å². The number of hydrogen-bond acceptors (Lipinski definition) is 6. The van der Waals surface area contributed by atoms with Crippen molar-refractivity contribution < 1.29 is 27.6 Å². The molecule has 146 valence electrons. The lowest BCUT2D eigenvalue weighted by atomic mass is 10.2. The average molecular weight is 412 g/mol. The van der Waals surface area contributed by atoms with Gasteiger partial charge in [0.05, 0.1) is 34.5 Å². The van der Waals surface area contributed by atoms with E-state index >= 15 is 0 Å². The van der Waals surface area contributed by atoms with Crippen LogP contribution in [0.15, 0.2) is 41.9 Å². The maximum absolute atomic E-state index is 13.2. The molecular formula is C16H11F3N4O4S. The van der Waals surface area contributed by atoms with E-state index < -0.39 is 29.0 Å². The highest BCUT2D eigenvalue weighted by atomic mass is 32.1. The Morgan fingerprint density at radius 3 is 2.82 bits per heavy atom. The first kappa shape index (κ1) is 19.4. The predicted octanol–water partition coefficient (Wildman–Crippen LogP) is 3.89. The maximum Gasteiger partial charge on any atom is 0.389 e. The third kappa shape index (κ3) is 4.65. The van der Waals surface area contributed by atoms with E-state index in [1.54, 1.807) is 5.38 Å². The minimum absolute atomic E-state index is 0.107. The van der Waals surface area contributed by atoms with Gasteiger partial charge in [0.25, 0.3) is 5.91 Å². The monoisotopic (exact) mass is 412 g/mol. The van der Waals surface area contributed by atoms with Crippen LogP contribution in [0.3, 0.4) is 0 Å². The molecule has 0 fully saturated rings. The van der Waals surface area contributed by atoms with Gasteiger partial charge in [-0.25, -0.2) is 4.39 Å². The number of nitrogens with zero attached hydrogens (tertiary/aromatic N) is 3. The summed E-state index contributed by atoms with van der Waals surface area (Å²) >= 11 is 1.08. The van der Waals surface area contributed by atoms with Crippen molar-refractivity contribution in [2.75, 3.05) is 5.32 Å². The average Bonchev–Trinajstić information content (AvgIpc) is 3.27. The van der Waals surface area contributed by atoms with Crippen molar-refractivity contribution in [1.29, 1.82) is 0 Å². The van der Waals surface area contributed by atoms with Gasteiger partial charge in [0.1, 0.15) is 5.82 Å². The fourth-order valence-electron chi connectivity index (χ4n) is 2.28. The molecule has 1 amide bonds. The van der Waals surface area contributed by atoms with E-state index in [4.69, 9.17) is 0 Å². The predicted molar refractivity (Wildman–Crippen MR) is 93.3 cm³/mol. The molecule has 0 unspecified atom stereocenters. The number of benzene rings is 1. The number of alkyl halides is 2. The molecule has 0 bridgehead atoms. The van der Waals surface area contributed by atoms with Gasteiger partial charge in [0.15, 0.2) is 5.75 Å². The number of anilines is 1.